The molecule has 0 aromatic heterocycles. The molecular formula is C24H19Br2NO5. The molecule has 164 valence electrons. The summed E-state index contributed by atoms with van der Waals surface area (Å²) in [5, 5.41) is 0. The molecular weight excluding hydrogens is 542 g/mol. The summed E-state index contributed by atoms with van der Waals surface area (Å²) < 4.78 is 5.24. The van der Waals surface area contributed by atoms with Crippen LogP contribution in [0.3, 0.4) is 0 Å². The standard InChI is InChI=1S/C24H19Br2NO5/c25-20-14-10-15(21(20)26)19-18(14)22(29)27(23(19)30)16-9-5-4-8-13(16)24(31)32-11-17(28)12-6-2-1-3-7-12/h1-9,14-15,18-21H,10-11H2/t14-,15-,18-,19+,20+,21+/m1/s1. The van der Waals surface area contributed by atoms with E-state index in [1.54, 1.807) is 48.5 Å². The number of fused-ring (bicyclic) bond motifs is 5. The Morgan fingerprint density at radius 1 is 0.875 bits per heavy atom. The van der Waals surface area contributed by atoms with Crippen molar-refractivity contribution in [3.63, 3.8) is 0 Å². The fraction of sp³-hybridized carbons (Fsp3) is 0.333. The van der Waals surface area contributed by atoms with Gasteiger partial charge in [-0.05, 0) is 30.4 Å². The minimum absolute atomic E-state index is 0.0819. The van der Waals surface area contributed by atoms with Gasteiger partial charge in [-0.1, -0.05) is 74.3 Å². The first-order chi connectivity index (χ1) is 15.4. The lowest BCUT2D eigenvalue weighted by atomic mass is 9.81. The Balaban J connectivity index is 1.38. The number of nitrogens with zero attached hydrogens (tertiary/aromatic N) is 1. The molecule has 2 aromatic carbocycles. The Labute approximate surface area is 201 Å². The van der Waals surface area contributed by atoms with E-state index >= 15 is 0 Å². The first-order valence-corrected chi connectivity index (χ1v) is 12.2. The number of rotatable bonds is 5. The zero-order valence-corrected chi connectivity index (χ0v) is 20.0. The number of alkyl halides is 2. The monoisotopic (exact) mass is 559 g/mol. The Morgan fingerprint density at radius 2 is 1.44 bits per heavy atom. The zero-order chi connectivity index (χ0) is 22.6. The number of benzene rings is 2. The van der Waals surface area contributed by atoms with Gasteiger partial charge in [-0.2, -0.15) is 0 Å². The summed E-state index contributed by atoms with van der Waals surface area (Å²) >= 11 is 7.35. The van der Waals surface area contributed by atoms with Crippen LogP contribution in [0.5, 0.6) is 0 Å². The van der Waals surface area contributed by atoms with Crippen LogP contribution in [-0.2, 0) is 14.3 Å². The van der Waals surface area contributed by atoms with Crippen LogP contribution < -0.4 is 4.90 Å². The van der Waals surface area contributed by atoms with Crippen molar-refractivity contribution < 1.29 is 23.9 Å². The Kier molecular flexibility index (Phi) is 5.53. The second-order valence-electron chi connectivity index (χ2n) is 8.40. The number of carbonyl (C=O) groups excluding carboxylic acids is 4. The van der Waals surface area contributed by atoms with Crippen LogP contribution in [0.1, 0.15) is 27.1 Å². The lowest BCUT2D eigenvalue weighted by molar-refractivity contribution is -0.123. The van der Waals surface area contributed by atoms with E-state index in [9.17, 15) is 19.2 Å². The summed E-state index contributed by atoms with van der Waals surface area (Å²) in [6, 6.07) is 14.9. The average molecular weight is 561 g/mol. The molecule has 8 heteroatoms. The summed E-state index contributed by atoms with van der Waals surface area (Å²) in [6.45, 7) is -0.426. The number of hydrogen-bond donors (Lipinski definition) is 0. The quantitative estimate of drug-likeness (QED) is 0.239. The highest BCUT2D eigenvalue weighted by Crippen LogP contribution is 2.60. The molecule has 0 spiro atoms. The second-order valence-corrected chi connectivity index (χ2v) is 10.5. The van der Waals surface area contributed by atoms with Crippen molar-refractivity contribution in [2.45, 2.75) is 16.1 Å². The van der Waals surface area contributed by atoms with Crippen LogP contribution in [0.2, 0.25) is 0 Å². The topological polar surface area (TPSA) is 80.8 Å². The molecule has 6 nitrogen and oxygen atoms in total. The first kappa shape index (κ1) is 21.5. The Bertz CT molecular complexity index is 1090. The number of halogens is 2. The number of esters is 1. The molecule has 2 aromatic rings. The predicted octanol–water partition coefficient (Wildman–Crippen LogP) is 4.01. The summed E-state index contributed by atoms with van der Waals surface area (Å²) in [5.41, 5.74) is 0.745. The molecule has 3 aliphatic rings. The fourth-order valence-electron chi connectivity index (χ4n) is 5.34. The first-order valence-electron chi connectivity index (χ1n) is 10.4. The normalized spacial score (nSPS) is 30.5. The maximum atomic E-state index is 13.3. The van der Waals surface area contributed by atoms with Gasteiger partial charge in [0, 0.05) is 15.2 Å². The van der Waals surface area contributed by atoms with E-state index in [4.69, 9.17) is 4.74 Å². The smallest absolute Gasteiger partial charge is 0.340 e. The van der Waals surface area contributed by atoms with Crippen LogP contribution in [-0.4, -0.2) is 39.8 Å². The molecule has 0 unspecified atom stereocenters. The minimum Gasteiger partial charge on any atom is -0.454 e. The molecule has 5 rings (SSSR count). The van der Waals surface area contributed by atoms with Crippen molar-refractivity contribution in [3.05, 3.63) is 65.7 Å². The van der Waals surface area contributed by atoms with Crippen molar-refractivity contribution in [1.29, 1.82) is 0 Å². The van der Waals surface area contributed by atoms with Crippen LogP contribution in [0, 0.1) is 23.7 Å². The summed E-state index contributed by atoms with van der Waals surface area (Å²) in [4.78, 5) is 53.2. The SMILES string of the molecule is O=C(COC(=O)c1ccccc1N1C(=O)[C@@H]2[C@H]3C[C@@H]([C@H](Br)[C@H]3Br)[C@@H]2C1=O)c1ccccc1. The lowest BCUT2D eigenvalue weighted by Crippen LogP contribution is -2.37. The molecule has 32 heavy (non-hydrogen) atoms. The molecule has 3 fully saturated rings. The van der Waals surface area contributed by atoms with Crippen LogP contribution >= 0.6 is 31.9 Å². The van der Waals surface area contributed by atoms with Gasteiger partial charge in [0.2, 0.25) is 11.8 Å². The lowest BCUT2D eigenvalue weighted by Gasteiger charge is -2.28. The summed E-state index contributed by atoms with van der Waals surface area (Å²) in [7, 11) is 0. The highest BCUT2D eigenvalue weighted by molar-refractivity contribution is 9.12. The van der Waals surface area contributed by atoms with Crippen molar-refractivity contribution in [2.24, 2.45) is 23.7 Å². The maximum Gasteiger partial charge on any atom is 0.340 e. The highest BCUT2D eigenvalue weighted by atomic mass is 79.9. The van der Waals surface area contributed by atoms with E-state index in [-0.39, 0.29) is 62.2 Å². The van der Waals surface area contributed by atoms with E-state index < -0.39 is 12.6 Å². The zero-order valence-electron chi connectivity index (χ0n) is 16.8. The average Bonchev–Trinajstić information content (AvgIpc) is 3.42. The van der Waals surface area contributed by atoms with Gasteiger partial charge in [-0.15, -0.1) is 0 Å². The van der Waals surface area contributed by atoms with Crippen LogP contribution in [0.25, 0.3) is 0 Å². The van der Waals surface area contributed by atoms with Gasteiger partial charge in [0.15, 0.2) is 12.4 Å². The van der Waals surface area contributed by atoms with Gasteiger partial charge in [0.25, 0.3) is 0 Å². The van der Waals surface area contributed by atoms with Gasteiger partial charge >= 0.3 is 5.97 Å². The number of carbonyl (C=O) groups is 4. The number of anilines is 1. The van der Waals surface area contributed by atoms with Crippen molar-refractivity contribution in [1.82, 2.24) is 0 Å². The number of Topliss-reactive ketones (excluding diaryl/α,β-unsaturated/α-hetero) is 1. The third-order valence-corrected chi connectivity index (χ3v) is 9.99. The molecule has 2 saturated carbocycles. The molecule has 2 aliphatic carbocycles. The number of para-hydroxylation sites is 1. The van der Waals surface area contributed by atoms with E-state index in [1.807, 2.05) is 0 Å². The fourth-order valence-corrected chi connectivity index (χ4v) is 7.22. The third-order valence-electron chi connectivity index (χ3n) is 6.78. The van der Waals surface area contributed by atoms with Crippen molar-refractivity contribution in [2.75, 3.05) is 11.5 Å². The van der Waals surface area contributed by atoms with E-state index in [2.05, 4.69) is 31.9 Å². The summed E-state index contributed by atoms with van der Waals surface area (Å²) in [6.07, 6.45) is 0.831. The summed E-state index contributed by atoms with van der Waals surface area (Å²) in [5.74, 6) is -2.21. The Hall–Kier alpha value is -2.32. The van der Waals surface area contributed by atoms with Gasteiger partial charge in [-0.3, -0.25) is 14.4 Å². The number of ether oxygens (including phenoxy) is 1. The molecule has 6 atom stereocenters. The van der Waals surface area contributed by atoms with E-state index in [0.717, 1.165) is 11.3 Å². The highest BCUT2D eigenvalue weighted by Gasteiger charge is 2.66. The molecule has 0 radical (unpaired) electrons. The number of amides is 2. The molecule has 1 heterocycles. The molecule has 2 amide bonds. The minimum atomic E-state index is -0.748. The third kappa shape index (κ3) is 3.27. The van der Waals surface area contributed by atoms with E-state index in [1.165, 1.54) is 6.07 Å². The maximum absolute atomic E-state index is 13.3. The molecule has 2 bridgehead atoms. The number of imide groups is 1. The Morgan fingerprint density at radius 3 is 2.06 bits per heavy atom. The van der Waals surface area contributed by atoms with Crippen LogP contribution in [0.15, 0.2) is 54.6 Å². The van der Waals surface area contributed by atoms with Gasteiger partial charge in [-0.25, -0.2) is 9.69 Å². The van der Waals surface area contributed by atoms with E-state index in [0.29, 0.717) is 5.56 Å². The van der Waals surface area contributed by atoms with Gasteiger partial charge in [0.1, 0.15) is 0 Å². The molecule has 1 saturated heterocycles. The number of ketones is 1. The molecule has 0 N–H and O–H groups in total. The number of hydrogen-bond acceptors (Lipinski definition) is 5. The van der Waals surface area contributed by atoms with Crippen molar-refractivity contribution >= 4 is 61.1 Å². The van der Waals surface area contributed by atoms with Gasteiger partial charge < -0.3 is 4.74 Å². The predicted molar refractivity (Wildman–Crippen MR) is 124 cm³/mol. The van der Waals surface area contributed by atoms with Gasteiger partial charge in [0.05, 0.1) is 23.1 Å². The van der Waals surface area contributed by atoms with Crippen molar-refractivity contribution in [3.8, 4) is 0 Å². The largest absolute Gasteiger partial charge is 0.454 e. The van der Waals surface area contributed by atoms with Crippen LogP contribution in [0.4, 0.5) is 5.69 Å². The molecule has 1 aliphatic heterocycles. The second kappa shape index (κ2) is 8.23.